The lowest BCUT2D eigenvalue weighted by molar-refractivity contribution is -0.126. The molecule has 5 rings (SSSR count). The van der Waals surface area contributed by atoms with Gasteiger partial charge in [-0.3, -0.25) is 19.3 Å². The van der Waals surface area contributed by atoms with Crippen molar-refractivity contribution in [1.82, 2.24) is 10.2 Å². The third-order valence-corrected chi connectivity index (χ3v) is 9.55. The van der Waals surface area contributed by atoms with Crippen molar-refractivity contribution in [2.24, 2.45) is 4.99 Å². The van der Waals surface area contributed by atoms with Crippen LogP contribution in [0.15, 0.2) is 144 Å². The van der Waals surface area contributed by atoms with E-state index in [9.17, 15) is 18.8 Å². The van der Waals surface area contributed by atoms with Gasteiger partial charge >= 0.3 is 0 Å². The molecule has 0 spiro atoms. The molecule has 0 fully saturated rings. The van der Waals surface area contributed by atoms with Crippen LogP contribution in [0.4, 0.5) is 4.39 Å². The lowest BCUT2D eigenvalue weighted by Gasteiger charge is -2.28. The number of amides is 3. The zero-order chi connectivity index (χ0) is 37.0. The summed E-state index contributed by atoms with van der Waals surface area (Å²) in [7, 11) is 1.47. The van der Waals surface area contributed by atoms with E-state index in [-0.39, 0.29) is 34.8 Å². The van der Waals surface area contributed by atoms with Crippen LogP contribution in [0.1, 0.15) is 35.2 Å². The summed E-state index contributed by atoms with van der Waals surface area (Å²) >= 11 is 3.04. The number of carbonyl (C=O) groups is 3. The summed E-state index contributed by atoms with van der Waals surface area (Å²) in [6.07, 6.45) is 8.04. The predicted octanol–water partition coefficient (Wildman–Crippen LogP) is 8.41. The van der Waals surface area contributed by atoms with E-state index in [2.05, 4.69) is 39.5 Å². The summed E-state index contributed by atoms with van der Waals surface area (Å²) in [5, 5.41) is 3.15. The molecule has 11 heteroatoms. The Hall–Kier alpha value is -5.27. The molecular weight excluding hydrogens is 792 g/mol. The Labute approximate surface area is 320 Å². The molecule has 0 radical (unpaired) electrons. The fraction of sp³-hybridized carbons (Fsp3) is 0.122. The SMILES string of the molecule is C=C/C=C\C(=C/C)N1C(=O)/C(=C/c2cc(I)c(OCc3ccccc3F)c(OC)c2)C(=O)N=C1SCC(=O)NC(c1ccccc1)c1ccccc1. The molecule has 3 amide bonds. The molecule has 0 saturated carbocycles. The second kappa shape index (κ2) is 18.3. The normalized spacial score (nSPS) is 14.2. The van der Waals surface area contributed by atoms with Crippen LogP contribution in [-0.4, -0.2) is 40.7 Å². The van der Waals surface area contributed by atoms with Crippen LogP contribution in [0.2, 0.25) is 0 Å². The maximum atomic E-state index is 14.2. The lowest BCUT2D eigenvalue weighted by Crippen LogP contribution is -2.42. The molecule has 52 heavy (non-hydrogen) atoms. The van der Waals surface area contributed by atoms with E-state index in [1.165, 1.54) is 24.2 Å². The standard InChI is InChI=1S/C41H35FIN3O5S/c1-4-6-20-31(5-2)46-40(49)32(22-27-23-34(43)38(35(24-27)50-3)51-25-30-19-13-14-21-33(30)42)39(48)45-41(46)52-26-36(47)44-37(28-15-9-7-10-16-28)29-17-11-8-12-18-29/h4-24,37H,1,25-26H2,2-3H3,(H,44,47)/b20-6-,31-5+,32-22+. The maximum Gasteiger partial charge on any atom is 0.285 e. The number of hydrogen-bond donors (Lipinski definition) is 1. The molecule has 8 nitrogen and oxygen atoms in total. The number of ether oxygens (including phenoxy) is 2. The molecule has 4 aromatic carbocycles. The number of benzene rings is 4. The largest absolute Gasteiger partial charge is 0.493 e. The van der Waals surface area contributed by atoms with E-state index in [0.717, 1.165) is 22.9 Å². The third-order valence-electron chi connectivity index (χ3n) is 7.81. The minimum Gasteiger partial charge on any atom is -0.493 e. The van der Waals surface area contributed by atoms with Crippen molar-refractivity contribution in [3.8, 4) is 11.5 Å². The number of nitrogens with zero attached hydrogens (tertiary/aromatic N) is 2. The Morgan fingerprint density at radius 3 is 2.29 bits per heavy atom. The van der Waals surface area contributed by atoms with Gasteiger partial charge in [-0.05, 0) is 76.6 Å². The molecule has 1 N–H and O–H groups in total. The Balaban J connectivity index is 1.41. The zero-order valence-corrected chi connectivity index (χ0v) is 31.4. The summed E-state index contributed by atoms with van der Waals surface area (Å²) in [6, 6.07) is 28.5. The van der Waals surface area contributed by atoms with Crippen LogP contribution in [-0.2, 0) is 21.0 Å². The number of methoxy groups -OCH3 is 1. The predicted molar refractivity (Wildman–Crippen MR) is 212 cm³/mol. The van der Waals surface area contributed by atoms with Gasteiger partial charge in [0.1, 0.15) is 18.0 Å². The number of nitrogens with one attached hydrogen (secondary N) is 1. The number of allylic oxidation sites excluding steroid dienone is 4. The maximum absolute atomic E-state index is 14.2. The molecule has 264 valence electrons. The van der Waals surface area contributed by atoms with Crippen molar-refractivity contribution in [2.75, 3.05) is 12.9 Å². The summed E-state index contributed by atoms with van der Waals surface area (Å²) in [5.41, 5.74) is 2.93. The van der Waals surface area contributed by atoms with Gasteiger partial charge in [0.05, 0.1) is 22.5 Å². The van der Waals surface area contributed by atoms with Crippen LogP contribution >= 0.6 is 34.4 Å². The van der Waals surface area contributed by atoms with Crippen molar-refractivity contribution in [3.05, 3.63) is 171 Å². The molecule has 0 unspecified atom stereocenters. The van der Waals surface area contributed by atoms with Crippen molar-refractivity contribution in [3.63, 3.8) is 0 Å². The number of carbonyl (C=O) groups excluding carboxylic acids is 3. The van der Waals surface area contributed by atoms with Crippen molar-refractivity contribution in [1.29, 1.82) is 0 Å². The van der Waals surface area contributed by atoms with E-state index in [0.29, 0.717) is 31.9 Å². The van der Waals surface area contributed by atoms with E-state index >= 15 is 0 Å². The monoisotopic (exact) mass is 827 g/mol. The van der Waals surface area contributed by atoms with Crippen LogP contribution in [0.25, 0.3) is 6.08 Å². The Morgan fingerprint density at radius 2 is 1.67 bits per heavy atom. The second-order valence-corrected chi connectivity index (χ2v) is 13.3. The molecule has 1 heterocycles. The first-order valence-corrected chi connectivity index (χ1v) is 18.2. The van der Waals surface area contributed by atoms with E-state index < -0.39 is 17.9 Å². The number of halogens is 2. The number of amidine groups is 1. The summed E-state index contributed by atoms with van der Waals surface area (Å²) in [6.45, 7) is 5.45. The van der Waals surface area contributed by atoms with Crippen LogP contribution in [0.5, 0.6) is 11.5 Å². The minimum absolute atomic E-state index is 0.0257. The molecule has 0 atom stereocenters. The van der Waals surface area contributed by atoms with E-state index in [1.807, 2.05) is 60.7 Å². The average molecular weight is 828 g/mol. The smallest absolute Gasteiger partial charge is 0.285 e. The van der Waals surface area contributed by atoms with Crippen molar-refractivity contribution in [2.45, 2.75) is 19.6 Å². The lowest BCUT2D eigenvalue weighted by atomic mass is 9.99. The van der Waals surface area contributed by atoms with Gasteiger partial charge in [-0.25, -0.2) is 4.39 Å². The van der Waals surface area contributed by atoms with E-state index in [1.54, 1.807) is 61.6 Å². The molecule has 0 saturated heterocycles. The van der Waals surface area contributed by atoms with Gasteiger partial charge in [-0.2, -0.15) is 4.99 Å². The quantitative estimate of drug-likeness (QED) is 0.0630. The molecule has 1 aliphatic rings. The highest BCUT2D eigenvalue weighted by atomic mass is 127. The molecular formula is C41H35FIN3O5S. The first-order chi connectivity index (χ1) is 25.2. The van der Waals surface area contributed by atoms with Crippen LogP contribution < -0.4 is 14.8 Å². The average Bonchev–Trinajstić information content (AvgIpc) is 3.16. The molecule has 0 aromatic heterocycles. The third kappa shape index (κ3) is 9.33. The Kier molecular flexibility index (Phi) is 13.4. The molecule has 0 bridgehead atoms. The fourth-order valence-electron chi connectivity index (χ4n) is 5.29. The van der Waals surface area contributed by atoms with E-state index in [4.69, 9.17) is 9.47 Å². The molecule has 4 aromatic rings. The number of hydrogen-bond acceptors (Lipinski definition) is 6. The zero-order valence-electron chi connectivity index (χ0n) is 28.4. The summed E-state index contributed by atoms with van der Waals surface area (Å²) in [4.78, 5) is 46.7. The first-order valence-electron chi connectivity index (χ1n) is 16.1. The topological polar surface area (TPSA) is 97.3 Å². The number of thioether (sulfide) groups is 1. The Bertz CT molecular complexity index is 2040. The Morgan fingerprint density at radius 1 is 1.02 bits per heavy atom. The van der Waals surface area contributed by atoms with Gasteiger partial charge in [-0.15, -0.1) is 0 Å². The van der Waals surface area contributed by atoms with Crippen molar-refractivity contribution >= 4 is 63.3 Å². The second-order valence-electron chi connectivity index (χ2n) is 11.2. The minimum atomic E-state index is -0.757. The highest BCUT2D eigenvalue weighted by molar-refractivity contribution is 14.1. The fourth-order valence-corrected chi connectivity index (χ4v) is 6.88. The summed E-state index contributed by atoms with van der Waals surface area (Å²) in [5.74, 6) is -1.47. The van der Waals surface area contributed by atoms with Gasteiger partial charge in [0.2, 0.25) is 5.91 Å². The van der Waals surface area contributed by atoms with Gasteiger partial charge in [0.15, 0.2) is 16.7 Å². The summed E-state index contributed by atoms with van der Waals surface area (Å²) < 4.78 is 26.3. The van der Waals surface area contributed by atoms with Gasteiger partial charge in [-0.1, -0.05) is 115 Å². The highest BCUT2D eigenvalue weighted by Crippen LogP contribution is 2.36. The molecule has 0 aliphatic carbocycles. The highest BCUT2D eigenvalue weighted by Gasteiger charge is 2.35. The number of aliphatic imine (C=N–C) groups is 1. The van der Waals surface area contributed by atoms with Gasteiger partial charge in [0, 0.05) is 11.3 Å². The van der Waals surface area contributed by atoms with Gasteiger partial charge < -0.3 is 14.8 Å². The molecule has 1 aliphatic heterocycles. The number of rotatable bonds is 13. The van der Waals surface area contributed by atoms with Crippen LogP contribution in [0, 0.1) is 9.39 Å². The van der Waals surface area contributed by atoms with Crippen LogP contribution in [0.3, 0.4) is 0 Å². The first kappa shape index (κ1) is 38.0. The van der Waals surface area contributed by atoms with Crippen molar-refractivity contribution < 1.29 is 28.2 Å². The van der Waals surface area contributed by atoms with Gasteiger partial charge in [0.25, 0.3) is 11.8 Å².